The standard InChI is InChI=1S/C14H17IN4O/c1-8(2)20-12-4-3-9(6-11(12)15)5-10-7-18-14(17)19-13(10)16/h3-4,6-8H,5H2,1-2H3,(H4,16,17,18,19). The van der Waals surface area contributed by atoms with Crippen molar-refractivity contribution in [3.8, 4) is 5.75 Å². The lowest BCUT2D eigenvalue weighted by Crippen LogP contribution is -2.07. The van der Waals surface area contributed by atoms with Crippen molar-refractivity contribution >= 4 is 34.4 Å². The van der Waals surface area contributed by atoms with E-state index >= 15 is 0 Å². The van der Waals surface area contributed by atoms with Crippen LogP contribution in [0.25, 0.3) is 0 Å². The van der Waals surface area contributed by atoms with Crippen molar-refractivity contribution in [1.82, 2.24) is 9.97 Å². The van der Waals surface area contributed by atoms with Gasteiger partial charge in [-0.25, -0.2) is 4.98 Å². The van der Waals surface area contributed by atoms with Crippen LogP contribution in [0.1, 0.15) is 25.0 Å². The highest BCUT2D eigenvalue weighted by atomic mass is 127. The summed E-state index contributed by atoms with van der Waals surface area (Å²) in [6.45, 7) is 4.02. The Hall–Kier alpha value is -1.57. The van der Waals surface area contributed by atoms with E-state index in [2.05, 4.69) is 38.6 Å². The number of hydrogen-bond acceptors (Lipinski definition) is 5. The van der Waals surface area contributed by atoms with Crippen LogP contribution in [0.2, 0.25) is 0 Å². The number of benzene rings is 1. The van der Waals surface area contributed by atoms with Crippen molar-refractivity contribution in [1.29, 1.82) is 0 Å². The second-order valence-electron chi connectivity index (χ2n) is 4.75. The van der Waals surface area contributed by atoms with Gasteiger partial charge in [0.25, 0.3) is 0 Å². The van der Waals surface area contributed by atoms with E-state index in [-0.39, 0.29) is 12.1 Å². The first-order valence-electron chi connectivity index (χ1n) is 6.27. The molecule has 0 unspecified atom stereocenters. The number of anilines is 2. The highest BCUT2D eigenvalue weighted by molar-refractivity contribution is 14.1. The Morgan fingerprint density at radius 2 is 2.05 bits per heavy atom. The Labute approximate surface area is 131 Å². The van der Waals surface area contributed by atoms with Gasteiger partial charge in [0.2, 0.25) is 5.95 Å². The van der Waals surface area contributed by atoms with Crippen molar-refractivity contribution in [2.24, 2.45) is 0 Å². The molecular weight excluding hydrogens is 367 g/mol. The van der Waals surface area contributed by atoms with Gasteiger partial charge in [0.1, 0.15) is 11.6 Å². The Bertz CT molecular complexity index is 616. The van der Waals surface area contributed by atoms with Crippen LogP contribution in [0, 0.1) is 3.57 Å². The third kappa shape index (κ3) is 3.72. The Morgan fingerprint density at radius 1 is 1.30 bits per heavy atom. The summed E-state index contributed by atoms with van der Waals surface area (Å²) in [6, 6.07) is 6.08. The lowest BCUT2D eigenvalue weighted by Gasteiger charge is -2.13. The third-order valence-corrected chi connectivity index (χ3v) is 3.51. The summed E-state index contributed by atoms with van der Waals surface area (Å²) in [6.07, 6.45) is 2.50. The van der Waals surface area contributed by atoms with E-state index in [4.69, 9.17) is 16.2 Å². The maximum Gasteiger partial charge on any atom is 0.221 e. The maximum absolute atomic E-state index is 5.85. The van der Waals surface area contributed by atoms with Crippen LogP contribution in [-0.4, -0.2) is 16.1 Å². The Balaban J connectivity index is 2.20. The van der Waals surface area contributed by atoms with E-state index in [1.807, 2.05) is 26.0 Å². The summed E-state index contributed by atoms with van der Waals surface area (Å²) in [5.41, 5.74) is 13.3. The van der Waals surface area contributed by atoms with Crippen molar-refractivity contribution < 1.29 is 4.74 Å². The molecule has 0 radical (unpaired) electrons. The maximum atomic E-state index is 5.85. The van der Waals surface area contributed by atoms with Gasteiger partial charge in [-0.05, 0) is 54.1 Å². The van der Waals surface area contributed by atoms with Crippen LogP contribution in [0.4, 0.5) is 11.8 Å². The summed E-state index contributed by atoms with van der Waals surface area (Å²) in [7, 11) is 0. The van der Waals surface area contributed by atoms with Gasteiger partial charge in [0, 0.05) is 18.2 Å². The monoisotopic (exact) mass is 384 g/mol. The lowest BCUT2D eigenvalue weighted by atomic mass is 10.1. The van der Waals surface area contributed by atoms with Crippen molar-refractivity contribution in [2.75, 3.05) is 11.5 Å². The van der Waals surface area contributed by atoms with E-state index < -0.39 is 0 Å². The molecule has 0 aliphatic carbocycles. The predicted octanol–water partition coefficient (Wildman–Crippen LogP) is 2.62. The van der Waals surface area contributed by atoms with Crippen LogP contribution >= 0.6 is 22.6 Å². The predicted molar refractivity (Wildman–Crippen MR) is 88.6 cm³/mol. The van der Waals surface area contributed by atoms with E-state index in [9.17, 15) is 0 Å². The van der Waals surface area contributed by atoms with Crippen molar-refractivity contribution in [3.63, 3.8) is 0 Å². The first kappa shape index (κ1) is 14.8. The smallest absolute Gasteiger partial charge is 0.221 e. The molecule has 2 rings (SSSR count). The number of nitrogens with two attached hydrogens (primary N) is 2. The normalized spacial score (nSPS) is 10.8. The molecule has 0 aliphatic rings. The number of ether oxygens (including phenoxy) is 1. The molecule has 0 atom stereocenters. The molecule has 0 saturated carbocycles. The summed E-state index contributed by atoms with van der Waals surface area (Å²) >= 11 is 2.27. The molecule has 0 saturated heterocycles. The van der Waals surface area contributed by atoms with E-state index in [1.54, 1.807) is 6.20 Å². The zero-order valence-corrected chi connectivity index (χ0v) is 13.6. The van der Waals surface area contributed by atoms with Gasteiger partial charge in [0.15, 0.2) is 0 Å². The third-order valence-electron chi connectivity index (χ3n) is 2.67. The molecule has 0 amide bonds. The number of hydrogen-bond donors (Lipinski definition) is 2. The summed E-state index contributed by atoms with van der Waals surface area (Å²) in [4.78, 5) is 7.94. The van der Waals surface area contributed by atoms with Crippen LogP contribution in [0.3, 0.4) is 0 Å². The minimum absolute atomic E-state index is 0.163. The molecule has 2 aromatic rings. The second kappa shape index (κ2) is 6.25. The molecule has 0 aliphatic heterocycles. The molecule has 6 heteroatoms. The van der Waals surface area contributed by atoms with E-state index in [0.717, 1.165) is 20.4 Å². The van der Waals surface area contributed by atoms with Crippen LogP contribution in [-0.2, 0) is 6.42 Å². The average Bonchev–Trinajstić information content (AvgIpc) is 2.36. The molecule has 4 N–H and O–H groups in total. The van der Waals surface area contributed by atoms with Gasteiger partial charge < -0.3 is 16.2 Å². The number of rotatable bonds is 4. The first-order valence-corrected chi connectivity index (χ1v) is 7.35. The van der Waals surface area contributed by atoms with E-state index in [1.165, 1.54) is 0 Å². The number of halogens is 1. The molecule has 0 fully saturated rings. The van der Waals surface area contributed by atoms with Gasteiger partial charge in [-0.3, -0.25) is 0 Å². The molecule has 0 spiro atoms. The van der Waals surface area contributed by atoms with Crippen LogP contribution in [0.15, 0.2) is 24.4 Å². The van der Waals surface area contributed by atoms with Gasteiger partial charge in [0.05, 0.1) is 9.67 Å². The highest BCUT2D eigenvalue weighted by Gasteiger charge is 2.08. The molecule has 1 aromatic heterocycles. The minimum Gasteiger partial charge on any atom is -0.490 e. The first-order chi connectivity index (χ1) is 9.45. The van der Waals surface area contributed by atoms with Crippen LogP contribution < -0.4 is 16.2 Å². The average molecular weight is 384 g/mol. The quantitative estimate of drug-likeness (QED) is 0.792. The summed E-state index contributed by atoms with van der Waals surface area (Å²) in [5, 5.41) is 0. The largest absolute Gasteiger partial charge is 0.490 e. The van der Waals surface area contributed by atoms with Gasteiger partial charge >= 0.3 is 0 Å². The van der Waals surface area contributed by atoms with Gasteiger partial charge in [-0.1, -0.05) is 6.07 Å². The van der Waals surface area contributed by atoms with Gasteiger partial charge in [-0.2, -0.15) is 4.98 Å². The van der Waals surface area contributed by atoms with Gasteiger partial charge in [-0.15, -0.1) is 0 Å². The fraction of sp³-hybridized carbons (Fsp3) is 0.286. The molecular formula is C14H17IN4O. The zero-order chi connectivity index (χ0) is 14.7. The lowest BCUT2D eigenvalue weighted by molar-refractivity contribution is 0.240. The number of nitrogen functional groups attached to an aromatic ring is 2. The SMILES string of the molecule is CC(C)Oc1ccc(Cc2cnc(N)nc2N)cc1I. The Kier molecular flexibility index (Phi) is 4.64. The molecule has 5 nitrogen and oxygen atoms in total. The minimum atomic E-state index is 0.163. The topological polar surface area (TPSA) is 87.0 Å². The molecule has 20 heavy (non-hydrogen) atoms. The number of nitrogens with zero attached hydrogens (tertiary/aromatic N) is 2. The Morgan fingerprint density at radius 3 is 2.65 bits per heavy atom. The summed E-state index contributed by atoms with van der Waals surface area (Å²) < 4.78 is 6.79. The highest BCUT2D eigenvalue weighted by Crippen LogP contribution is 2.25. The molecule has 1 aromatic carbocycles. The van der Waals surface area contributed by atoms with Crippen molar-refractivity contribution in [3.05, 3.63) is 39.1 Å². The van der Waals surface area contributed by atoms with Crippen molar-refractivity contribution in [2.45, 2.75) is 26.4 Å². The molecule has 0 bridgehead atoms. The van der Waals surface area contributed by atoms with Crippen LogP contribution in [0.5, 0.6) is 5.75 Å². The fourth-order valence-electron chi connectivity index (χ4n) is 1.79. The molecule has 1 heterocycles. The zero-order valence-electron chi connectivity index (χ0n) is 11.4. The molecule has 106 valence electrons. The second-order valence-corrected chi connectivity index (χ2v) is 5.91. The fourth-order valence-corrected chi connectivity index (χ4v) is 2.50. The number of aromatic nitrogens is 2. The van der Waals surface area contributed by atoms with E-state index in [0.29, 0.717) is 12.2 Å². The summed E-state index contributed by atoms with van der Waals surface area (Å²) in [5.74, 6) is 1.52.